The second-order valence-electron chi connectivity index (χ2n) is 7.45. The zero-order chi connectivity index (χ0) is 25.6. The zero-order valence-electron chi connectivity index (χ0n) is 18.3. The van der Waals surface area contributed by atoms with E-state index < -0.39 is 27.7 Å². The maximum atomic E-state index is 13.2. The number of hydrogen-bond acceptors (Lipinski definition) is 4. The summed E-state index contributed by atoms with van der Waals surface area (Å²) in [4.78, 5) is 12.4. The molecule has 0 bridgehead atoms. The van der Waals surface area contributed by atoms with Gasteiger partial charge in [0.2, 0.25) is 15.9 Å². The third-order valence-electron chi connectivity index (χ3n) is 4.52. The van der Waals surface area contributed by atoms with Crippen LogP contribution >= 0.6 is 0 Å². The number of amides is 1. The Kier molecular flexibility index (Phi) is 7.60. The van der Waals surface area contributed by atoms with E-state index in [9.17, 15) is 26.4 Å². The van der Waals surface area contributed by atoms with Gasteiger partial charge in [0.1, 0.15) is 5.84 Å². The minimum atomic E-state index is -4.58. The fraction of sp³-hybridized carbons (Fsp3) is 0.0833. The Hall–Kier alpha value is -4.12. The summed E-state index contributed by atoms with van der Waals surface area (Å²) >= 11 is 0. The monoisotopic (exact) mass is 502 g/mol. The quantitative estimate of drug-likeness (QED) is 0.203. The summed E-state index contributed by atoms with van der Waals surface area (Å²) in [6.07, 6.45) is -1.63. The number of alkyl halides is 3. The van der Waals surface area contributed by atoms with Gasteiger partial charge < -0.3 is 10.6 Å². The van der Waals surface area contributed by atoms with Gasteiger partial charge in [-0.05, 0) is 35.9 Å². The Labute approximate surface area is 200 Å². The van der Waals surface area contributed by atoms with Crippen LogP contribution in [0.2, 0.25) is 0 Å². The third kappa shape index (κ3) is 7.71. The Morgan fingerprint density at radius 2 is 1.46 bits per heavy atom. The predicted octanol–water partition coefficient (Wildman–Crippen LogP) is 5.17. The first-order valence-corrected chi connectivity index (χ1v) is 12.0. The molecule has 182 valence electrons. The van der Waals surface area contributed by atoms with Crippen LogP contribution in [-0.4, -0.2) is 26.4 Å². The summed E-state index contributed by atoms with van der Waals surface area (Å²) in [7, 11) is -3.65. The molecule has 35 heavy (non-hydrogen) atoms. The lowest BCUT2D eigenvalue weighted by Crippen LogP contribution is -2.15. The lowest BCUT2D eigenvalue weighted by Gasteiger charge is -2.13. The molecule has 3 aromatic carbocycles. The summed E-state index contributed by atoms with van der Waals surface area (Å²) in [5, 5.41) is 13.6. The molecule has 0 heterocycles. The molecule has 0 atom stereocenters. The van der Waals surface area contributed by atoms with Crippen LogP contribution in [0.25, 0.3) is 6.08 Å². The van der Waals surface area contributed by atoms with Crippen molar-refractivity contribution >= 4 is 44.9 Å². The number of hydrogen-bond donors (Lipinski definition) is 4. The van der Waals surface area contributed by atoms with E-state index in [-0.39, 0.29) is 22.8 Å². The van der Waals surface area contributed by atoms with Gasteiger partial charge in [-0.1, -0.05) is 48.5 Å². The highest BCUT2D eigenvalue weighted by atomic mass is 32.2. The normalized spacial score (nSPS) is 11.8. The van der Waals surface area contributed by atoms with Crippen LogP contribution in [0.4, 0.5) is 30.2 Å². The van der Waals surface area contributed by atoms with Crippen LogP contribution in [-0.2, 0) is 21.0 Å². The number of amidine groups is 1. The topological polar surface area (TPSA) is 111 Å². The average Bonchev–Trinajstić information content (AvgIpc) is 2.76. The number of carbonyl (C=O) groups excluding carboxylic acids is 1. The van der Waals surface area contributed by atoms with Crippen molar-refractivity contribution in [3.63, 3.8) is 0 Å². The Morgan fingerprint density at radius 1 is 0.886 bits per heavy atom. The van der Waals surface area contributed by atoms with E-state index in [1.807, 2.05) is 0 Å². The fourth-order valence-corrected chi connectivity index (χ4v) is 3.66. The van der Waals surface area contributed by atoms with Crippen LogP contribution in [0.3, 0.4) is 0 Å². The second-order valence-corrected chi connectivity index (χ2v) is 9.20. The fourth-order valence-electron chi connectivity index (χ4n) is 3.12. The van der Waals surface area contributed by atoms with Gasteiger partial charge in [-0.3, -0.25) is 14.9 Å². The number of carbonyl (C=O) groups is 1. The molecule has 4 N–H and O–H groups in total. The zero-order valence-corrected chi connectivity index (χ0v) is 19.2. The highest BCUT2D eigenvalue weighted by molar-refractivity contribution is 7.92. The molecular formula is C24H21F3N4O3S. The molecule has 0 aliphatic heterocycles. The molecule has 0 aliphatic carbocycles. The van der Waals surface area contributed by atoms with Crippen molar-refractivity contribution < 1.29 is 26.4 Å². The molecule has 3 rings (SSSR count). The van der Waals surface area contributed by atoms with Gasteiger partial charge in [-0.25, -0.2) is 8.42 Å². The molecule has 0 radical (unpaired) electrons. The maximum Gasteiger partial charge on any atom is 0.416 e. The Bertz CT molecular complexity index is 1370. The van der Waals surface area contributed by atoms with Gasteiger partial charge in [-0.15, -0.1) is 0 Å². The first-order chi connectivity index (χ1) is 16.4. The average molecular weight is 503 g/mol. The minimum absolute atomic E-state index is 0.0306. The Morgan fingerprint density at radius 3 is 2.09 bits per heavy atom. The van der Waals surface area contributed by atoms with Gasteiger partial charge in [0.15, 0.2) is 0 Å². The lowest BCUT2D eigenvalue weighted by atomic mass is 10.1. The summed E-state index contributed by atoms with van der Waals surface area (Å²) < 4.78 is 65.2. The molecule has 0 unspecified atom stereocenters. The van der Waals surface area contributed by atoms with Crippen LogP contribution in [0.5, 0.6) is 0 Å². The van der Waals surface area contributed by atoms with E-state index in [4.69, 9.17) is 5.41 Å². The van der Waals surface area contributed by atoms with Crippen molar-refractivity contribution in [1.82, 2.24) is 0 Å². The van der Waals surface area contributed by atoms with Crippen molar-refractivity contribution in [2.24, 2.45) is 0 Å². The first-order valence-electron chi connectivity index (χ1n) is 10.1. The van der Waals surface area contributed by atoms with Crippen LogP contribution < -0.4 is 15.4 Å². The minimum Gasteiger partial charge on any atom is -0.340 e. The second kappa shape index (κ2) is 10.4. The molecular weight excluding hydrogens is 481 g/mol. The number of anilines is 3. The number of halogens is 3. The SMILES string of the molecule is CS(=O)(=O)Nc1cc(NC(=N)c2ccccc2)cc(NC(=O)/C=C/c2ccccc2C(F)(F)F)c1. The molecule has 0 saturated heterocycles. The van der Waals surface area contributed by atoms with Crippen LogP contribution in [0.1, 0.15) is 16.7 Å². The Balaban J connectivity index is 1.84. The van der Waals surface area contributed by atoms with E-state index in [2.05, 4.69) is 15.4 Å². The van der Waals surface area contributed by atoms with Gasteiger partial charge in [0, 0.05) is 23.0 Å². The van der Waals surface area contributed by atoms with Gasteiger partial charge in [0.25, 0.3) is 0 Å². The molecule has 7 nitrogen and oxygen atoms in total. The number of sulfonamides is 1. The van der Waals surface area contributed by atoms with E-state index in [0.717, 1.165) is 24.5 Å². The standard InChI is InChI=1S/C24H21F3N4O3S/c1-35(33,34)31-20-14-18(13-19(15-20)30-23(28)17-8-3-2-4-9-17)29-22(32)12-11-16-7-5-6-10-21(16)24(25,26)27/h2-15,31H,1H3,(H2,28,30)(H,29,32)/b12-11+. The molecule has 0 aromatic heterocycles. The lowest BCUT2D eigenvalue weighted by molar-refractivity contribution is -0.137. The highest BCUT2D eigenvalue weighted by Crippen LogP contribution is 2.32. The first kappa shape index (κ1) is 25.5. The molecule has 0 fully saturated rings. The third-order valence-corrected chi connectivity index (χ3v) is 5.12. The largest absolute Gasteiger partial charge is 0.416 e. The van der Waals surface area contributed by atoms with Crippen molar-refractivity contribution in [3.05, 3.63) is 95.6 Å². The smallest absolute Gasteiger partial charge is 0.340 e. The molecule has 0 saturated carbocycles. The molecule has 3 aromatic rings. The van der Waals surface area contributed by atoms with Crippen molar-refractivity contribution in [3.8, 4) is 0 Å². The van der Waals surface area contributed by atoms with Gasteiger partial charge >= 0.3 is 6.18 Å². The number of benzene rings is 3. The molecule has 11 heteroatoms. The van der Waals surface area contributed by atoms with Crippen LogP contribution in [0.15, 0.2) is 78.9 Å². The van der Waals surface area contributed by atoms with E-state index in [1.165, 1.54) is 36.4 Å². The van der Waals surface area contributed by atoms with E-state index >= 15 is 0 Å². The molecule has 0 aliphatic rings. The van der Waals surface area contributed by atoms with Gasteiger partial charge in [-0.2, -0.15) is 13.2 Å². The highest BCUT2D eigenvalue weighted by Gasteiger charge is 2.32. The van der Waals surface area contributed by atoms with Crippen molar-refractivity contribution in [2.75, 3.05) is 21.6 Å². The predicted molar refractivity (Wildman–Crippen MR) is 131 cm³/mol. The number of rotatable bonds is 7. The van der Waals surface area contributed by atoms with Crippen LogP contribution in [0, 0.1) is 5.41 Å². The van der Waals surface area contributed by atoms with Crippen molar-refractivity contribution in [1.29, 1.82) is 5.41 Å². The number of nitrogens with one attached hydrogen (secondary N) is 4. The summed E-state index contributed by atoms with van der Waals surface area (Å²) in [6.45, 7) is 0. The molecule has 0 spiro atoms. The summed E-state index contributed by atoms with van der Waals surface area (Å²) in [5.74, 6) is -0.703. The molecule has 1 amide bonds. The maximum absolute atomic E-state index is 13.2. The summed E-state index contributed by atoms with van der Waals surface area (Å²) in [5.41, 5.74) is 0.0801. The van der Waals surface area contributed by atoms with E-state index in [0.29, 0.717) is 11.3 Å². The van der Waals surface area contributed by atoms with E-state index in [1.54, 1.807) is 30.3 Å². The summed E-state index contributed by atoms with van der Waals surface area (Å²) in [6, 6.07) is 17.8. The van der Waals surface area contributed by atoms with Crippen molar-refractivity contribution in [2.45, 2.75) is 6.18 Å². The van der Waals surface area contributed by atoms with Gasteiger partial charge in [0.05, 0.1) is 17.5 Å².